The van der Waals surface area contributed by atoms with E-state index in [1.165, 1.54) is 32.1 Å². The molecule has 1 aromatic rings. The van der Waals surface area contributed by atoms with Crippen LogP contribution in [0.15, 0.2) is 12.1 Å². The molecule has 1 aliphatic carbocycles. The molecule has 2 aliphatic rings. The molecule has 0 aromatic heterocycles. The Morgan fingerprint density at radius 3 is 2.70 bits per heavy atom. The Bertz CT molecular complexity index is 492. The molecule has 1 aliphatic heterocycles. The fraction of sp³-hybridized carbons (Fsp3) is 0.647. The van der Waals surface area contributed by atoms with Crippen LogP contribution in [0.25, 0.3) is 0 Å². The number of hydrogen-bond acceptors (Lipinski definition) is 3. The number of nitrogen functional groups attached to an aromatic ring is 1. The van der Waals surface area contributed by atoms with E-state index in [9.17, 15) is 0 Å². The lowest BCUT2D eigenvalue weighted by molar-refractivity contribution is -0.0509. The summed E-state index contributed by atoms with van der Waals surface area (Å²) in [5.74, 6) is 0.893. The molecule has 1 aromatic carbocycles. The first-order chi connectivity index (χ1) is 9.58. The van der Waals surface area contributed by atoms with Gasteiger partial charge in [0.2, 0.25) is 0 Å². The van der Waals surface area contributed by atoms with E-state index in [0.717, 1.165) is 29.0 Å². The smallest absolute Gasteiger partial charge is 0.124 e. The van der Waals surface area contributed by atoms with Gasteiger partial charge in [0.15, 0.2) is 0 Å². The average Bonchev–Trinajstić information content (AvgIpc) is 3.03. The van der Waals surface area contributed by atoms with Crippen molar-refractivity contribution >= 4 is 5.69 Å². The summed E-state index contributed by atoms with van der Waals surface area (Å²) in [6, 6.07) is 4.02. The minimum Gasteiger partial charge on any atom is -0.491 e. The van der Waals surface area contributed by atoms with Crippen LogP contribution in [0.1, 0.15) is 49.7 Å². The van der Waals surface area contributed by atoms with Crippen LogP contribution in [0.5, 0.6) is 5.75 Å². The zero-order valence-corrected chi connectivity index (χ0v) is 12.6. The van der Waals surface area contributed by atoms with Crippen LogP contribution in [-0.2, 0) is 4.74 Å². The summed E-state index contributed by atoms with van der Waals surface area (Å²) >= 11 is 0. The molecule has 0 bridgehead atoms. The van der Waals surface area contributed by atoms with Crippen molar-refractivity contribution in [3.63, 3.8) is 0 Å². The molecule has 3 heteroatoms. The number of anilines is 1. The number of rotatable bonds is 3. The highest BCUT2D eigenvalue weighted by Crippen LogP contribution is 2.43. The maximum Gasteiger partial charge on any atom is 0.124 e. The monoisotopic (exact) mass is 275 g/mol. The van der Waals surface area contributed by atoms with Crippen LogP contribution in [-0.4, -0.2) is 18.3 Å². The van der Waals surface area contributed by atoms with Gasteiger partial charge in [0, 0.05) is 11.8 Å². The van der Waals surface area contributed by atoms with Crippen molar-refractivity contribution < 1.29 is 9.47 Å². The lowest BCUT2D eigenvalue weighted by Crippen LogP contribution is -2.27. The Labute approximate surface area is 121 Å². The van der Waals surface area contributed by atoms with E-state index in [0.29, 0.717) is 6.61 Å². The van der Waals surface area contributed by atoms with Crippen LogP contribution in [0.2, 0.25) is 0 Å². The molecule has 20 heavy (non-hydrogen) atoms. The summed E-state index contributed by atoms with van der Waals surface area (Å²) in [5.41, 5.74) is 9.19. The molecule has 1 spiro atoms. The molecule has 110 valence electrons. The zero-order valence-electron chi connectivity index (χ0n) is 12.6. The van der Waals surface area contributed by atoms with E-state index < -0.39 is 0 Å². The number of hydrogen-bond donors (Lipinski definition) is 1. The molecule has 3 nitrogen and oxygen atoms in total. The second kappa shape index (κ2) is 5.28. The standard InChI is InChI=1S/C17H25NO2/c1-12-9-13(2)16(10-15(12)18)19-11-14-5-8-17(20-14)6-3-4-7-17/h9-10,14H,3-8,11,18H2,1-2H3. The van der Waals surface area contributed by atoms with Gasteiger partial charge in [-0.25, -0.2) is 0 Å². The third-order valence-corrected chi connectivity index (χ3v) is 4.84. The molecule has 2 fully saturated rings. The van der Waals surface area contributed by atoms with Gasteiger partial charge >= 0.3 is 0 Å². The minimum atomic E-state index is 0.190. The first-order valence-corrected chi connectivity index (χ1v) is 7.75. The Morgan fingerprint density at radius 1 is 1.20 bits per heavy atom. The predicted molar refractivity (Wildman–Crippen MR) is 81.1 cm³/mol. The number of nitrogens with two attached hydrogens (primary N) is 1. The van der Waals surface area contributed by atoms with E-state index in [1.54, 1.807) is 0 Å². The predicted octanol–water partition coefficient (Wildman–Crippen LogP) is 3.76. The minimum absolute atomic E-state index is 0.190. The molecule has 1 saturated heterocycles. The van der Waals surface area contributed by atoms with Gasteiger partial charge in [-0.1, -0.05) is 18.9 Å². The van der Waals surface area contributed by atoms with Crippen molar-refractivity contribution in [2.75, 3.05) is 12.3 Å². The van der Waals surface area contributed by atoms with Gasteiger partial charge in [0.1, 0.15) is 12.4 Å². The summed E-state index contributed by atoms with van der Waals surface area (Å²) in [6.07, 6.45) is 7.69. The van der Waals surface area contributed by atoms with Crippen LogP contribution in [0, 0.1) is 13.8 Å². The molecule has 2 N–H and O–H groups in total. The highest BCUT2D eigenvalue weighted by atomic mass is 16.6. The summed E-state index contributed by atoms with van der Waals surface area (Å²) in [6.45, 7) is 4.73. The summed E-state index contributed by atoms with van der Waals surface area (Å²) in [7, 11) is 0. The van der Waals surface area contributed by atoms with E-state index in [1.807, 2.05) is 13.0 Å². The normalized spacial score (nSPS) is 24.4. The van der Waals surface area contributed by atoms with Gasteiger partial charge < -0.3 is 15.2 Å². The van der Waals surface area contributed by atoms with Crippen molar-refractivity contribution in [2.45, 2.75) is 64.1 Å². The van der Waals surface area contributed by atoms with E-state index >= 15 is 0 Å². The molecule has 0 amide bonds. The molecule has 1 heterocycles. The third-order valence-electron chi connectivity index (χ3n) is 4.84. The molecule has 0 radical (unpaired) electrons. The second-order valence-corrected chi connectivity index (χ2v) is 6.45. The molecule has 1 unspecified atom stereocenters. The van der Waals surface area contributed by atoms with Gasteiger partial charge in [0.25, 0.3) is 0 Å². The van der Waals surface area contributed by atoms with Gasteiger partial charge in [-0.15, -0.1) is 0 Å². The number of aryl methyl sites for hydroxylation is 2. The lowest BCUT2D eigenvalue weighted by Gasteiger charge is -2.24. The molecule has 1 atom stereocenters. The summed E-state index contributed by atoms with van der Waals surface area (Å²) in [4.78, 5) is 0. The Morgan fingerprint density at radius 2 is 1.95 bits per heavy atom. The van der Waals surface area contributed by atoms with Crippen LogP contribution < -0.4 is 10.5 Å². The van der Waals surface area contributed by atoms with Crippen LogP contribution in [0.4, 0.5) is 5.69 Å². The molecular formula is C17H25NO2. The van der Waals surface area contributed by atoms with E-state index in [2.05, 4.69) is 13.0 Å². The van der Waals surface area contributed by atoms with Crippen molar-refractivity contribution in [1.29, 1.82) is 0 Å². The van der Waals surface area contributed by atoms with Gasteiger partial charge in [0.05, 0.1) is 11.7 Å². The van der Waals surface area contributed by atoms with Crippen molar-refractivity contribution in [1.82, 2.24) is 0 Å². The topological polar surface area (TPSA) is 44.5 Å². The maximum absolute atomic E-state index is 6.27. The van der Waals surface area contributed by atoms with Gasteiger partial charge in [-0.05, 0) is 50.7 Å². The first kappa shape index (κ1) is 13.7. The highest BCUT2D eigenvalue weighted by Gasteiger charge is 2.42. The average molecular weight is 275 g/mol. The van der Waals surface area contributed by atoms with Crippen LogP contribution in [0.3, 0.4) is 0 Å². The SMILES string of the molecule is Cc1cc(C)c(OCC2CCC3(CCCC3)O2)cc1N. The van der Waals surface area contributed by atoms with Crippen molar-refractivity contribution in [2.24, 2.45) is 0 Å². The Kier molecular flexibility index (Phi) is 3.63. The second-order valence-electron chi connectivity index (χ2n) is 6.45. The Hall–Kier alpha value is -1.22. The number of ether oxygens (including phenoxy) is 2. The molecule has 3 rings (SSSR count). The van der Waals surface area contributed by atoms with Crippen molar-refractivity contribution in [3.05, 3.63) is 23.3 Å². The Balaban J connectivity index is 1.59. The van der Waals surface area contributed by atoms with Gasteiger partial charge in [-0.3, -0.25) is 0 Å². The summed E-state index contributed by atoms with van der Waals surface area (Å²) < 4.78 is 12.2. The molecule has 1 saturated carbocycles. The first-order valence-electron chi connectivity index (χ1n) is 7.75. The fourth-order valence-electron chi connectivity index (χ4n) is 3.59. The zero-order chi connectivity index (χ0) is 14.2. The van der Waals surface area contributed by atoms with Gasteiger partial charge in [-0.2, -0.15) is 0 Å². The number of benzene rings is 1. The lowest BCUT2D eigenvalue weighted by atomic mass is 9.98. The van der Waals surface area contributed by atoms with E-state index in [-0.39, 0.29) is 11.7 Å². The largest absolute Gasteiger partial charge is 0.491 e. The van der Waals surface area contributed by atoms with Crippen LogP contribution >= 0.6 is 0 Å². The quantitative estimate of drug-likeness (QED) is 0.854. The van der Waals surface area contributed by atoms with Crippen molar-refractivity contribution in [3.8, 4) is 5.75 Å². The highest BCUT2D eigenvalue weighted by molar-refractivity contribution is 5.54. The summed E-state index contributed by atoms with van der Waals surface area (Å²) in [5, 5.41) is 0. The third kappa shape index (κ3) is 2.64. The maximum atomic E-state index is 6.27. The fourth-order valence-corrected chi connectivity index (χ4v) is 3.59. The molecular weight excluding hydrogens is 250 g/mol. The van der Waals surface area contributed by atoms with E-state index in [4.69, 9.17) is 15.2 Å².